The van der Waals surface area contributed by atoms with Crippen molar-refractivity contribution in [2.75, 3.05) is 5.32 Å². The Labute approximate surface area is 151 Å². The molecule has 4 aromatic carbocycles. The lowest BCUT2D eigenvalue weighted by molar-refractivity contribution is 0.669. The molecule has 1 aromatic heterocycles. The highest BCUT2D eigenvalue weighted by atomic mass is 16.3. The summed E-state index contributed by atoms with van der Waals surface area (Å²) in [5, 5.41) is 5.84. The molecule has 124 valence electrons. The molecule has 0 amide bonds. The Morgan fingerprint density at radius 2 is 1.31 bits per heavy atom. The van der Waals surface area contributed by atoms with Gasteiger partial charge in [0.15, 0.2) is 0 Å². The number of furan rings is 1. The van der Waals surface area contributed by atoms with Gasteiger partial charge < -0.3 is 9.73 Å². The molecule has 0 saturated carbocycles. The van der Waals surface area contributed by atoms with Crippen LogP contribution in [-0.2, 0) is 0 Å². The van der Waals surface area contributed by atoms with E-state index in [4.69, 9.17) is 4.42 Å². The van der Waals surface area contributed by atoms with Gasteiger partial charge in [-0.25, -0.2) is 0 Å². The fourth-order valence-electron chi connectivity index (χ4n) is 3.42. The van der Waals surface area contributed by atoms with Gasteiger partial charge in [0.2, 0.25) is 0 Å². The maximum Gasteiger partial charge on any atom is 0.135 e. The van der Waals surface area contributed by atoms with E-state index in [0.29, 0.717) is 0 Å². The zero-order valence-corrected chi connectivity index (χ0v) is 14.1. The molecule has 0 bridgehead atoms. The van der Waals surface area contributed by atoms with Crippen molar-refractivity contribution in [3.8, 4) is 11.1 Å². The lowest BCUT2D eigenvalue weighted by atomic mass is 10.0. The number of para-hydroxylation sites is 2. The molecule has 2 heteroatoms. The molecule has 1 N–H and O–H groups in total. The molecule has 0 aliphatic heterocycles. The van der Waals surface area contributed by atoms with Gasteiger partial charge in [0.25, 0.3) is 0 Å². The van der Waals surface area contributed by atoms with Crippen molar-refractivity contribution in [1.82, 2.24) is 0 Å². The lowest BCUT2D eigenvalue weighted by Gasteiger charge is -2.12. The highest BCUT2D eigenvalue weighted by molar-refractivity contribution is 6.06. The molecule has 2 nitrogen and oxygen atoms in total. The van der Waals surface area contributed by atoms with Gasteiger partial charge in [0.1, 0.15) is 11.2 Å². The molecule has 0 aliphatic rings. The third-order valence-corrected chi connectivity index (χ3v) is 4.67. The Morgan fingerprint density at radius 3 is 2.23 bits per heavy atom. The molecule has 26 heavy (non-hydrogen) atoms. The zero-order valence-electron chi connectivity index (χ0n) is 14.1. The molecule has 5 aromatic rings. The van der Waals surface area contributed by atoms with Gasteiger partial charge in [-0.15, -0.1) is 0 Å². The van der Waals surface area contributed by atoms with E-state index in [9.17, 15) is 0 Å². The van der Waals surface area contributed by atoms with Crippen LogP contribution in [0.5, 0.6) is 0 Å². The van der Waals surface area contributed by atoms with Crippen molar-refractivity contribution >= 4 is 33.3 Å². The van der Waals surface area contributed by atoms with Gasteiger partial charge >= 0.3 is 0 Å². The number of hydrogen-bond acceptors (Lipinski definition) is 2. The Bertz CT molecular complexity index is 1200. The Kier molecular flexibility index (Phi) is 3.46. The lowest BCUT2D eigenvalue weighted by Crippen LogP contribution is -1.93. The first-order valence-electron chi connectivity index (χ1n) is 8.71. The van der Waals surface area contributed by atoms with Crippen molar-refractivity contribution in [1.29, 1.82) is 0 Å². The molecule has 0 fully saturated rings. The molecule has 0 aliphatic carbocycles. The van der Waals surface area contributed by atoms with E-state index in [1.807, 2.05) is 30.3 Å². The van der Waals surface area contributed by atoms with Crippen LogP contribution in [-0.4, -0.2) is 0 Å². The van der Waals surface area contributed by atoms with Crippen molar-refractivity contribution in [3.63, 3.8) is 0 Å². The fourth-order valence-corrected chi connectivity index (χ4v) is 3.42. The quantitative estimate of drug-likeness (QED) is 0.384. The number of fused-ring (bicyclic) bond motifs is 3. The molecule has 0 saturated heterocycles. The Hall–Kier alpha value is -3.52. The number of anilines is 2. The summed E-state index contributed by atoms with van der Waals surface area (Å²) in [6.45, 7) is 0. The summed E-state index contributed by atoms with van der Waals surface area (Å²) in [7, 11) is 0. The summed E-state index contributed by atoms with van der Waals surface area (Å²) < 4.78 is 5.92. The van der Waals surface area contributed by atoms with Crippen molar-refractivity contribution in [2.45, 2.75) is 0 Å². The standard InChI is InChI=1S/C24H17NO/c1-2-8-17(9-3-1)19-10-4-6-12-22(19)25-18-14-15-24-21(16-18)20-11-5-7-13-23(20)26-24/h1-16,25H. The molecular weight excluding hydrogens is 318 g/mol. The predicted octanol–water partition coefficient (Wildman–Crippen LogP) is 7.00. The first-order valence-corrected chi connectivity index (χ1v) is 8.71. The average molecular weight is 335 g/mol. The largest absolute Gasteiger partial charge is 0.456 e. The van der Waals surface area contributed by atoms with Crippen LogP contribution in [0.25, 0.3) is 33.1 Å². The predicted molar refractivity (Wildman–Crippen MR) is 109 cm³/mol. The fraction of sp³-hybridized carbons (Fsp3) is 0. The number of benzene rings is 4. The van der Waals surface area contributed by atoms with Crippen LogP contribution in [0.1, 0.15) is 0 Å². The second kappa shape index (κ2) is 6.08. The molecule has 0 radical (unpaired) electrons. The first-order chi connectivity index (χ1) is 12.9. The Balaban J connectivity index is 1.59. The van der Waals surface area contributed by atoms with E-state index < -0.39 is 0 Å². The van der Waals surface area contributed by atoms with E-state index in [2.05, 4.69) is 72.0 Å². The highest BCUT2D eigenvalue weighted by Gasteiger charge is 2.09. The molecule has 5 rings (SSSR count). The number of hydrogen-bond donors (Lipinski definition) is 1. The Morgan fingerprint density at radius 1 is 0.577 bits per heavy atom. The molecule has 0 atom stereocenters. The van der Waals surface area contributed by atoms with E-state index in [1.165, 1.54) is 11.1 Å². The van der Waals surface area contributed by atoms with Gasteiger partial charge in [-0.2, -0.15) is 0 Å². The molecule has 0 unspecified atom stereocenters. The van der Waals surface area contributed by atoms with Crippen LogP contribution in [0.4, 0.5) is 11.4 Å². The van der Waals surface area contributed by atoms with Crippen molar-refractivity contribution < 1.29 is 4.42 Å². The summed E-state index contributed by atoms with van der Waals surface area (Å²) in [5.74, 6) is 0. The minimum Gasteiger partial charge on any atom is -0.456 e. The summed E-state index contributed by atoms with van der Waals surface area (Å²) in [4.78, 5) is 0. The van der Waals surface area contributed by atoms with Gasteiger partial charge in [0, 0.05) is 27.7 Å². The van der Waals surface area contributed by atoms with E-state index in [1.54, 1.807) is 0 Å². The van der Waals surface area contributed by atoms with Gasteiger partial charge in [-0.3, -0.25) is 0 Å². The highest BCUT2D eigenvalue weighted by Crippen LogP contribution is 2.34. The monoisotopic (exact) mass is 335 g/mol. The third-order valence-electron chi connectivity index (χ3n) is 4.67. The average Bonchev–Trinajstić information content (AvgIpc) is 3.07. The second-order valence-electron chi connectivity index (χ2n) is 6.35. The maximum atomic E-state index is 5.92. The van der Waals surface area contributed by atoms with Gasteiger partial charge in [-0.1, -0.05) is 66.7 Å². The van der Waals surface area contributed by atoms with Crippen LogP contribution >= 0.6 is 0 Å². The second-order valence-corrected chi connectivity index (χ2v) is 6.35. The van der Waals surface area contributed by atoms with Crippen molar-refractivity contribution in [2.24, 2.45) is 0 Å². The van der Waals surface area contributed by atoms with Crippen LogP contribution in [0, 0.1) is 0 Å². The number of nitrogens with one attached hydrogen (secondary N) is 1. The third kappa shape index (κ3) is 2.52. The smallest absolute Gasteiger partial charge is 0.135 e. The first kappa shape index (κ1) is 14.8. The van der Waals surface area contributed by atoms with Crippen LogP contribution in [0.15, 0.2) is 101 Å². The normalized spacial score (nSPS) is 11.1. The number of rotatable bonds is 3. The SMILES string of the molecule is c1ccc(-c2ccccc2Nc2ccc3oc4ccccc4c3c2)cc1. The maximum absolute atomic E-state index is 5.92. The molecule has 0 spiro atoms. The molecule has 1 heterocycles. The van der Waals surface area contributed by atoms with E-state index in [0.717, 1.165) is 33.3 Å². The summed E-state index contributed by atoms with van der Waals surface area (Å²) in [6, 6.07) is 33.2. The minimum absolute atomic E-state index is 0.910. The van der Waals surface area contributed by atoms with E-state index >= 15 is 0 Å². The van der Waals surface area contributed by atoms with Crippen LogP contribution < -0.4 is 5.32 Å². The van der Waals surface area contributed by atoms with Crippen LogP contribution in [0.3, 0.4) is 0 Å². The summed E-state index contributed by atoms with van der Waals surface area (Å²) in [6.07, 6.45) is 0. The van der Waals surface area contributed by atoms with E-state index in [-0.39, 0.29) is 0 Å². The topological polar surface area (TPSA) is 25.2 Å². The van der Waals surface area contributed by atoms with Gasteiger partial charge in [0.05, 0.1) is 0 Å². The summed E-state index contributed by atoms with van der Waals surface area (Å²) in [5.41, 5.74) is 6.35. The van der Waals surface area contributed by atoms with Crippen molar-refractivity contribution in [3.05, 3.63) is 97.1 Å². The zero-order chi connectivity index (χ0) is 17.3. The van der Waals surface area contributed by atoms with Crippen LogP contribution in [0.2, 0.25) is 0 Å². The molecular formula is C24H17NO. The summed E-state index contributed by atoms with van der Waals surface area (Å²) >= 11 is 0. The minimum atomic E-state index is 0.910. The van der Waals surface area contributed by atoms with Gasteiger partial charge in [-0.05, 0) is 35.9 Å².